The predicted octanol–water partition coefficient (Wildman–Crippen LogP) is 4.11. The fourth-order valence-corrected chi connectivity index (χ4v) is 2.89. The van der Waals surface area contributed by atoms with Crippen molar-refractivity contribution in [2.45, 2.75) is 16.8 Å². The van der Waals surface area contributed by atoms with Crippen molar-refractivity contribution in [2.24, 2.45) is 0 Å². The first kappa shape index (κ1) is 14.7. The van der Waals surface area contributed by atoms with Gasteiger partial charge in [0.2, 0.25) is 0 Å². The number of hydrogen-bond acceptors (Lipinski definition) is 5. The average Bonchev–Trinajstić information content (AvgIpc) is 2.41. The van der Waals surface area contributed by atoms with Gasteiger partial charge in [-0.1, -0.05) is 11.8 Å². The van der Waals surface area contributed by atoms with Gasteiger partial charge in [-0.05, 0) is 47.1 Å². The van der Waals surface area contributed by atoms with Crippen molar-refractivity contribution in [3.8, 4) is 0 Å². The Balaban J connectivity index is 2.40. The van der Waals surface area contributed by atoms with Crippen molar-refractivity contribution in [3.05, 3.63) is 56.7 Å². The number of nitrogens with zero attached hydrogens (tertiary/aromatic N) is 2. The van der Waals surface area contributed by atoms with Gasteiger partial charge in [-0.15, -0.1) is 0 Å². The van der Waals surface area contributed by atoms with Gasteiger partial charge < -0.3 is 0 Å². The molecule has 20 heavy (non-hydrogen) atoms. The number of pyridine rings is 1. The number of halogens is 1. The molecular weight excluding hydrogens is 344 g/mol. The monoisotopic (exact) mass is 352 g/mol. The van der Waals surface area contributed by atoms with E-state index in [0.717, 1.165) is 14.4 Å². The second-order valence-corrected chi connectivity index (χ2v) is 5.80. The number of carbonyl (C=O) groups is 1. The molecule has 7 heteroatoms. The number of Topliss-reactive ketones (excluding diaryl/α,β-unsaturated/α-hetero) is 1. The smallest absolute Gasteiger partial charge is 0.280 e. The Morgan fingerprint density at radius 3 is 2.75 bits per heavy atom. The highest BCUT2D eigenvalue weighted by Crippen LogP contribution is 2.33. The van der Waals surface area contributed by atoms with Crippen molar-refractivity contribution in [3.63, 3.8) is 0 Å². The highest BCUT2D eigenvalue weighted by molar-refractivity contribution is 9.10. The van der Waals surface area contributed by atoms with Crippen molar-refractivity contribution in [2.75, 3.05) is 0 Å². The van der Waals surface area contributed by atoms with Crippen molar-refractivity contribution < 1.29 is 9.72 Å². The summed E-state index contributed by atoms with van der Waals surface area (Å²) in [6, 6.07) is 8.12. The Kier molecular flexibility index (Phi) is 4.51. The van der Waals surface area contributed by atoms with Gasteiger partial charge in [0.05, 0.1) is 15.0 Å². The lowest BCUT2D eigenvalue weighted by Gasteiger charge is -2.05. The SMILES string of the molecule is CC(=O)c1cc(Sc2ncccc2Br)ccc1[N+](=O)[O-]. The zero-order chi connectivity index (χ0) is 14.7. The van der Waals surface area contributed by atoms with Gasteiger partial charge in [0, 0.05) is 17.2 Å². The summed E-state index contributed by atoms with van der Waals surface area (Å²) in [4.78, 5) is 26.8. The third-order valence-corrected chi connectivity index (χ3v) is 4.39. The van der Waals surface area contributed by atoms with E-state index in [0.29, 0.717) is 0 Å². The van der Waals surface area contributed by atoms with Crippen molar-refractivity contribution in [1.82, 2.24) is 4.98 Å². The van der Waals surface area contributed by atoms with Crippen LogP contribution in [-0.2, 0) is 0 Å². The maximum absolute atomic E-state index is 11.5. The summed E-state index contributed by atoms with van der Waals surface area (Å²) in [6.45, 7) is 1.31. The normalized spacial score (nSPS) is 10.3. The molecule has 0 unspecified atom stereocenters. The second-order valence-electron chi connectivity index (χ2n) is 3.88. The van der Waals surface area contributed by atoms with Crippen LogP contribution in [0.25, 0.3) is 0 Å². The first-order chi connectivity index (χ1) is 9.49. The number of ketones is 1. The maximum Gasteiger partial charge on any atom is 0.280 e. The number of carbonyl (C=O) groups excluding carboxylic acids is 1. The molecular formula is C13H9BrN2O3S. The number of rotatable bonds is 4. The van der Waals surface area contributed by atoms with Crippen molar-refractivity contribution in [1.29, 1.82) is 0 Å². The molecule has 0 bridgehead atoms. The summed E-state index contributed by atoms with van der Waals surface area (Å²) in [5.41, 5.74) is -0.0750. The van der Waals surface area contributed by atoms with Crippen LogP contribution < -0.4 is 0 Å². The quantitative estimate of drug-likeness (QED) is 0.470. The van der Waals surface area contributed by atoms with Gasteiger partial charge >= 0.3 is 0 Å². The fraction of sp³-hybridized carbons (Fsp3) is 0.0769. The molecule has 0 spiro atoms. The van der Waals surface area contributed by atoms with Crippen LogP contribution in [0.4, 0.5) is 5.69 Å². The average molecular weight is 353 g/mol. The molecule has 0 atom stereocenters. The minimum atomic E-state index is -0.554. The van der Waals surface area contributed by atoms with Crippen LogP contribution in [0.1, 0.15) is 17.3 Å². The van der Waals surface area contributed by atoms with Crippen LogP contribution in [0.5, 0.6) is 0 Å². The van der Waals surface area contributed by atoms with Gasteiger partial charge in [0.1, 0.15) is 5.03 Å². The Morgan fingerprint density at radius 1 is 1.40 bits per heavy atom. The van der Waals surface area contributed by atoms with E-state index in [1.54, 1.807) is 18.3 Å². The molecule has 0 aliphatic carbocycles. The molecule has 0 aliphatic heterocycles. The third-order valence-electron chi connectivity index (χ3n) is 2.48. The van der Waals surface area contributed by atoms with Crippen LogP contribution in [0.2, 0.25) is 0 Å². The van der Waals surface area contributed by atoms with E-state index in [4.69, 9.17) is 0 Å². The molecule has 5 nitrogen and oxygen atoms in total. The molecule has 0 saturated heterocycles. The molecule has 102 valence electrons. The Morgan fingerprint density at radius 2 is 2.15 bits per heavy atom. The Hall–Kier alpha value is -1.73. The van der Waals surface area contributed by atoms with E-state index in [9.17, 15) is 14.9 Å². The molecule has 1 heterocycles. The molecule has 0 fully saturated rings. The molecule has 2 rings (SSSR count). The van der Waals surface area contributed by atoms with Gasteiger partial charge in [-0.25, -0.2) is 4.98 Å². The van der Waals surface area contributed by atoms with Crippen LogP contribution in [0, 0.1) is 10.1 Å². The van der Waals surface area contributed by atoms with E-state index in [1.807, 2.05) is 6.07 Å². The van der Waals surface area contributed by atoms with Crippen LogP contribution in [0.15, 0.2) is 50.9 Å². The summed E-state index contributed by atoms with van der Waals surface area (Å²) in [5.74, 6) is -0.334. The van der Waals surface area contributed by atoms with Crippen molar-refractivity contribution >= 4 is 39.2 Å². The zero-order valence-electron chi connectivity index (χ0n) is 10.4. The number of hydrogen-bond donors (Lipinski definition) is 0. The molecule has 0 aliphatic rings. The standard InChI is InChI=1S/C13H9BrN2O3S/c1-8(17)10-7-9(4-5-12(10)16(18)19)20-13-11(14)3-2-6-15-13/h2-7H,1H3. The van der Waals surface area contributed by atoms with E-state index >= 15 is 0 Å². The second kappa shape index (κ2) is 6.15. The van der Waals surface area contributed by atoms with Crippen LogP contribution in [-0.4, -0.2) is 15.7 Å². The molecule has 0 N–H and O–H groups in total. The lowest BCUT2D eigenvalue weighted by molar-refractivity contribution is -0.385. The number of nitro groups is 1. The van der Waals surface area contributed by atoms with E-state index in [-0.39, 0.29) is 17.0 Å². The first-order valence-electron chi connectivity index (χ1n) is 5.57. The molecule has 1 aromatic carbocycles. The molecule has 1 aromatic heterocycles. The highest BCUT2D eigenvalue weighted by atomic mass is 79.9. The van der Waals surface area contributed by atoms with Gasteiger partial charge in [0.15, 0.2) is 5.78 Å². The minimum absolute atomic E-state index is 0.104. The lowest BCUT2D eigenvalue weighted by Crippen LogP contribution is -2.00. The van der Waals surface area contributed by atoms with Gasteiger partial charge in [-0.2, -0.15) is 0 Å². The summed E-state index contributed by atoms with van der Waals surface area (Å²) in [7, 11) is 0. The van der Waals surface area contributed by atoms with Crippen LogP contribution in [0.3, 0.4) is 0 Å². The number of benzene rings is 1. The maximum atomic E-state index is 11.5. The first-order valence-corrected chi connectivity index (χ1v) is 7.17. The van der Waals surface area contributed by atoms with Gasteiger partial charge in [0.25, 0.3) is 5.69 Å². The molecule has 0 amide bonds. The van der Waals surface area contributed by atoms with Crippen LogP contribution >= 0.6 is 27.7 Å². The zero-order valence-corrected chi connectivity index (χ0v) is 12.8. The summed E-state index contributed by atoms with van der Waals surface area (Å²) >= 11 is 4.71. The molecule has 0 radical (unpaired) electrons. The lowest BCUT2D eigenvalue weighted by atomic mass is 10.1. The van der Waals surface area contributed by atoms with E-state index in [1.165, 1.54) is 30.8 Å². The number of nitro benzene ring substituents is 1. The summed E-state index contributed by atoms with van der Waals surface area (Å²) in [6.07, 6.45) is 1.66. The highest BCUT2D eigenvalue weighted by Gasteiger charge is 2.18. The topological polar surface area (TPSA) is 73.1 Å². The Labute approximate surface area is 127 Å². The summed E-state index contributed by atoms with van der Waals surface area (Å²) < 4.78 is 0.827. The van der Waals surface area contributed by atoms with E-state index < -0.39 is 4.92 Å². The number of aromatic nitrogens is 1. The van der Waals surface area contributed by atoms with E-state index in [2.05, 4.69) is 20.9 Å². The fourth-order valence-electron chi connectivity index (χ4n) is 1.58. The van der Waals surface area contributed by atoms with Gasteiger partial charge in [-0.3, -0.25) is 14.9 Å². The predicted molar refractivity (Wildman–Crippen MR) is 79.2 cm³/mol. The minimum Gasteiger partial charge on any atom is -0.294 e. The largest absolute Gasteiger partial charge is 0.294 e. The Bertz CT molecular complexity index is 691. The molecule has 2 aromatic rings. The summed E-state index contributed by atoms with van der Waals surface area (Å²) in [5, 5.41) is 11.6. The third kappa shape index (κ3) is 3.23. The molecule has 0 saturated carbocycles.